The van der Waals surface area contributed by atoms with E-state index < -0.39 is 11.1 Å². The molecule has 0 aromatic heterocycles. The van der Waals surface area contributed by atoms with Crippen LogP contribution in [0.15, 0.2) is 30.3 Å². The quantitative estimate of drug-likeness (QED) is 0.276. The number of amides is 1. The minimum absolute atomic E-state index is 0.0866. The number of fused-ring (bicyclic) bond motifs is 2. The SMILES string of the molecule is CN(CCCN1CN(c2ccccc2)C2(CCN(CC[C@@H]3CC[C@H]4C[C@@H]3C4(C)C)CC2)C1=O)CC1(O)CCN(C(=N)N)CC1. The molecule has 2 bridgehead atoms. The minimum atomic E-state index is -0.750. The van der Waals surface area contributed by atoms with E-state index in [9.17, 15) is 9.90 Å². The second kappa shape index (κ2) is 12.4. The van der Waals surface area contributed by atoms with Crippen molar-refractivity contribution in [3.8, 4) is 0 Å². The molecular formula is C35H57N7O2. The number of benzene rings is 1. The lowest BCUT2D eigenvalue weighted by Crippen LogP contribution is -2.57. The number of nitrogens with zero attached hydrogens (tertiary/aromatic N) is 5. The number of anilines is 1. The highest BCUT2D eigenvalue weighted by Crippen LogP contribution is 2.62. The van der Waals surface area contributed by atoms with Crippen LogP contribution in [-0.4, -0.2) is 114 Å². The standard InChI is InChI=1S/C35H57N7O2/c1-33(2)28-11-10-27(30(33)24-28)12-19-39-20-15-35(16-21-39)31(43)41(26-42(35)29-8-5-4-6-9-29)18-7-17-38(3)25-34(44)13-22-40(23-14-34)32(36)37/h4-6,8-9,27-28,30,44H,7,10-26H2,1-3H3,(H3,36,37)/t27-,28-,30-/m0/s1. The minimum Gasteiger partial charge on any atom is -0.388 e. The zero-order valence-electron chi connectivity index (χ0n) is 27.5. The molecule has 4 N–H and O–H groups in total. The molecule has 3 saturated heterocycles. The van der Waals surface area contributed by atoms with Crippen LogP contribution in [0.5, 0.6) is 0 Å². The topological polar surface area (TPSA) is 103 Å². The number of para-hydroxylation sites is 1. The lowest BCUT2D eigenvalue weighted by atomic mass is 9.45. The molecular weight excluding hydrogens is 550 g/mol. The molecule has 44 heavy (non-hydrogen) atoms. The van der Waals surface area contributed by atoms with Gasteiger partial charge in [-0.05, 0) is 113 Å². The number of carbonyl (C=O) groups excluding carboxylic acids is 1. The Bertz CT molecular complexity index is 1160. The molecule has 1 amide bonds. The zero-order valence-corrected chi connectivity index (χ0v) is 27.5. The van der Waals surface area contributed by atoms with Crippen LogP contribution in [0.3, 0.4) is 0 Å². The molecule has 3 saturated carbocycles. The molecule has 7 rings (SSSR count). The molecule has 1 aromatic carbocycles. The number of nitrogens with two attached hydrogens (primary N) is 1. The van der Waals surface area contributed by atoms with E-state index >= 15 is 0 Å². The first-order valence-corrected chi connectivity index (χ1v) is 17.4. The van der Waals surface area contributed by atoms with Crippen LogP contribution in [0.25, 0.3) is 0 Å². The van der Waals surface area contributed by atoms with Crippen LogP contribution in [0, 0.1) is 28.6 Å². The van der Waals surface area contributed by atoms with Crippen molar-refractivity contribution in [1.29, 1.82) is 5.41 Å². The molecule has 3 aliphatic carbocycles. The molecule has 3 heterocycles. The fraction of sp³-hybridized carbons (Fsp3) is 0.771. The Kier molecular flexibility index (Phi) is 8.94. The van der Waals surface area contributed by atoms with E-state index in [2.05, 4.69) is 70.8 Å². The summed E-state index contributed by atoms with van der Waals surface area (Å²) >= 11 is 0. The van der Waals surface area contributed by atoms with Gasteiger partial charge in [-0.2, -0.15) is 0 Å². The summed E-state index contributed by atoms with van der Waals surface area (Å²) in [7, 11) is 2.06. The van der Waals surface area contributed by atoms with Crippen molar-refractivity contribution < 1.29 is 9.90 Å². The molecule has 6 fully saturated rings. The number of hydrogen-bond acceptors (Lipinski definition) is 6. The highest BCUT2D eigenvalue weighted by atomic mass is 16.3. The fourth-order valence-electron chi connectivity index (χ4n) is 9.61. The Labute approximate surface area is 265 Å². The highest BCUT2D eigenvalue weighted by molar-refractivity contribution is 5.93. The molecule has 0 unspecified atom stereocenters. The number of rotatable bonds is 10. The Balaban J connectivity index is 1.02. The summed E-state index contributed by atoms with van der Waals surface area (Å²) in [5, 5.41) is 18.8. The van der Waals surface area contributed by atoms with E-state index in [-0.39, 0.29) is 5.96 Å². The zero-order chi connectivity index (χ0) is 31.1. The average Bonchev–Trinajstić information content (AvgIpc) is 3.27. The molecule has 9 nitrogen and oxygen atoms in total. The number of aliphatic hydroxyl groups is 1. The first kappa shape index (κ1) is 31.6. The number of likely N-dealkylation sites (N-methyl/N-ethyl adjacent to an activating group) is 1. The van der Waals surface area contributed by atoms with E-state index in [1.54, 1.807) is 0 Å². The van der Waals surface area contributed by atoms with Crippen molar-refractivity contribution >= 4 is 17.6 Å². The maximum absolute atomic E-state index is 14.2. The van der Waals surface area contributed by atoms with Crippen molar-refractivity contribution in [3.05, 3.63) is 30.3 Å². The first-order chi connectivity index (χ1) is 21.0. The van der Waals surface area contributed by atoms with Gasteiger partial charge in [-0.3, -0.25) is 10.2 Å². The van der Waals surface area contributed by atoms with Crippen molar-refractivity contribution in [3.63, 3.8) is 0 Å². The Hall–Kier alpha value is -2.36. The molecule has 3 atom stereocenters. The lowest BCUT2D eigenvalue weighted by molar-refractivity contribution is -0.133. The number of piperidine rings is 2. The second-order valence-electron chi connectivity index (χ2n) is 15.5. The third-order valence-electron chi connectivity index (χ3n) is 12.6. The third kappa shape index (κ3) is 6.08. The molecule has 9 heteroatoms. The van der Waals surface area contributed by atoms with Crippen molar-refractivity contribution in [2.75, 3.05) is 71.0 Å². The maximum Gasteiger partial charge on any atom is 0.250 e. The van der Waals surface area contributed by atoms with Gasteiger partial charge in [-0.1, -0.05) is 32.0 Å². The van der Waals surface area contributed by atoms with E-state index in [0.717, 1.165) is 68.9 Å². The molecule has 0 radical (unpaired) electrons. The van der Waals surface area contributed by atoms with Crippen LogP contribution < -0.4 is 10.6 Å². The number of hydrogen-bond donors (Lipinski definition) is 3. The summed E-state index contributed by atoms with van der Waals surface area (Å²) in [6.07, 6.45) is 9.50. The average molecular weight is 608 g/mol. The summed E-state index contributed by atoms with van der Waals surface area (Å²) in [4.78, 5) is 25.4. The van der Waals surface area contributed by atoms with Gasteiger partial charge in [0.1, 0.15) is 5.54 Å². The van der Waals surface area contributed by atoms with E-state index in [4.69, 9.17) is 11.1 Å². The van der Waals surface area contributed by atoms with Crippen molar-refractivity contribution in [1.82, 2.24) is 19.6 Å². The van der Waals surface area contributed by atoms with Gasteiger partial charge in [0, 0.05) is 45.0 Å². The summed E-state index contributed by atoms with van der Waals surface area (Å²) in [5.74, 6) is 3.14. The van der Waals surface area contributed by atoms with Crippen LogP contribution in [0.2, 0.25) is 0 Å². The Morgan fingerprint density at radius 3 is 2.39 bits per heavy atom. The van der Waals surface area contributed by atoms with Crippen LogP contribution in [0.4, 0.5) is 5.69 Å². The van der Waals surface area contributed by atoms with Crippen molar-refractivity contribution in [2.24, 2.45) is 28.9 Å². The van der Waals surface area contributed by atoms with Gasteiger partial charge in [-0.15, -0.1) is 0 Å². The van der Waals surface area contributed by atoms with E-state index in [1.807, 2.05) is 4.90 Å². The van der Waals surface area contributed by atoms with Crippen LogP contribution in [-0.2, 0) is 4.79 Å². The summed E-state index contributed by atoms with van der Waals surface area (Å²) in [6.45, 7) is 12.2. The first-order valence-electron chi connectivity index (χ1n) is 17.4. The summed E-state index contributed by atoms with van der Waals surface area (Å²) in [5.41, 5.74) is 6.14. The molecule has 1 spiro atoms. The monoisotopic (exact) mass is 607 g/mol. The molecule has 244 valence electrons. The molecule has 3 aliphatic heterocycles. The third-order valence-corrected chi connectivity index (χ3v) is 12.6. The lowest BCUT2D eigenvalue weighted by Gasteiger charge is -2.60. The predicted octanol–water partition coefficient (Wildman–Crippen LogP) is 3.63. The number of guanidine groups is 1. The molecule has 1 aromatic rings. The molecule has 6 aliphatic rings. The van der Waals surface area contributed by atoms with Gasteiger partial charge in [0.05, 0.1) is 12.3 Å². The van der Waals surface area contributed by atoms with Crippen molar-refractivity contribution in [2.45, 2.75) is 82.8 Å². The largest absolute Gasteiger partial charge is 0.388 e. The summed E-state index contributed by atoms with van der Waals surface area (Å²) in [6, 6.07) is 10.5. The smallest absolute Gasteiger partial charge is 0.250 e. The number of nitrogens with one attached hydrogen (secondary N) is 1. The number of likely N-dealkylation sites (tertiary alicyclic amines) is 2. The normalized spacial score (nSPS) is 29.3. The van der Waals surface area contributed by atoms with Gasteiger partial charge in [-0.25, -0.2) is 0 Å². The number of carbonyl (C=O) groups is 1. The van der Waals surface area contributed by atoms with Crippen LogP contribution in [0.1, 0.15) is 71.6 Å². The summed E-state index contributed by atoms with van der Waals surface area (Å²) < 4.78 is 0. The predicted molar refractivity (Wildman–Crippen MR) is 176 cm³/mol. The van der Waals surface area contributed by atoms with Gasteiger partial charge in [0.25, 0.3) is 0 Å². The second-order valence-corrected chi connectivity index (χ2v) is 15.5. The van der Waals surface area contributed by atoms with Gasteiger partial charge >= 0.3 is 0 Å². The highest BCUT2D eigenvalue weighted by Gasteiger charge is 2.55. The van der Waals surface area contributed by atoms with Gasteiger partial charge in [0.2, 0.25) is 5.91 Å². The van der Waals surface area contributed by atoms with Gasteiger partial charge in [0.15, 0.2) is 5.96 Å². The Morgan fingerprint density at radius 2 is 1.75 bits per heavy atom. The Morgan fingerprint density at radius 1 is 1.05 bits per heavy atom. The van der Waals surface area contributed by atoms with E-state index in [0.29, 0.717) is 50.5 Å². The maximum atomic E-state index is 14.2. The van der Waals surface area contributed by atoms with Crippen LogP contribution >= 0.6 is 0 Å². The van der Waals surface area contributed by atoms with E-state index in [1.165, 1.54) is 32.2 Å². The van der Waals surface area contributed by atoms with Gasteiger partial charge < -0.3 is 35.3 Å². The fourth-order valence-corrected chi connectivity index (χ4v) is 9.61.